The summed E-state index contributed by atoms with van der Waals surface area (Å²) in [5, 5.41) is 0. The van der Waals surface area contributed by atoms with Crippen LogP contribution in [0.15, 0.2) is 29.0 Å². The summed E-state index contributed by atoms with van der Waals surface area (Å²) in [6.07, 6.45) is 5.90. The van der Waals surface area contributed by atoms with Gasteiger partial charge in [-0.2, -0.15) is 0 Å². The van der Waals surface area contributed by atoms with Crippen molar-refractivity contribution in [2.45, 2.75) is 71.3 Å². The summed E-state index contributed by atoms with van der Waals surface area (Å²) in [6, 6.07) is 6.64. The molecule has 144 valence electrons. The maximum absolute atomic E-state index is 12.1. The highest BCUT2D eigenvalue weighted by Gasteiger charge is 2.21. The Balaban J connectivity index is 1.84. The van der Waals surface area contributed by atoms with Gasteiger partial charge in [-0.3, -0.25) is 4.52 Å². The summed E-state index contributed by atoms with van der Waals surface area (Å²) in [5.41, 5.74) is 1.21. The maximum Gasteiger partial charge on any atom is 0.395 e. The number of hydrogen-bond donors (Lipinski definition) is 0. The van der Waals surface area contributed by atoms with Crippen molar-refractivity contribution in [2.24, 2.45) is 10.7 Å². The highest BCUT2D eigenvalue weighted by atomic mass is 31.1. The van der Waals surface area contributed by atoms with E-state index in [1.807, 2.05) is 12.1 Å². The van der Waals surface area contributed by atoms with Crippen LogP contribution in [0.4, 0.5) is 0 Å². The molecule has 1 unspecified atom stereocenters. The molecule has 0 amide bonds. The molecule has 0 aromatic heterocycles. The van der Waals surface area contributed by atoms with E-state index in [1.54, 1.807) is 19.1 Å². The van der Waals surface area contributed by atoms with Crippen LogP contribution in [0.1, 0.15) is 65.4 Å². The first-order valence-electron chi connectivity index (χ1n) is 9.39. The Hall–Kier alpha value is -1.45. The monoisotopic (exact) mass is 379 g/mol. The van der Waals surface area contributed by atoms with Gasteiger partial charge in [0.15, 0.2) is 11.8 Å². The van der Waals surface area contributed by atoms with Crippen LogP contribution in [0.5, 0.6) is 5.75 Å². The molecule has 6 heteroatoms. The van der Waals surface area contributed by atoms with Crippen molar-refractivity contribution < 1.29 is 18.9 Å². The molecule has 26 heavy (non-hydrogen) atoms. The normalized spacial score (nSPS) is 17.7. The van der Waals surface area contributed by atoms with E-state index >= 15 is 0 Å². The first kappa shape index (κ1) is 20.9. The van der Waals surface area contributed by atoms with E-state index in [9.17, 15) is 9.69 Å². The minimum absolute atomic E-state index is 0.0434. The SMILES string of the molecule is C[C@H](N=[P+]([O-])Oc1ccc(C(C)(C)C)cc1)C(=O)OCC1CCCCC1. The Morgan fingerprint density at radius 3 is 2.42 bits per heavy atom. The molecule has 0 aliphatic heterocycles. The van der Waals surface area contributed by atoms with Gasteiger partial charge in [-0.25, -0.2) is 4.79 Å². The molecule has 0 radical (unpaired) electrons. The summed E-state index contributed by atoms with van der Waals surface area (Å²) in [5.74, 6) is 0.488. The molecule has 1 aliphatic rings. The Morgan fingerprint density at radius 2 is 1.85 bits per heavy atom. The standard InChI is InChI=1S/C20H30NO4P/c1-15(19(22)24-14-16-8-6-5-7-9-16)21-26(23)25-18-12-10-17(11-13-18)20(2,3)4/h10-13,15-16H,5-9,14H2,1-4H3/t15-/m0/s1. The topological polar surface area (TPSA) is 71.0 Å². The number of ether oxygens (including phenoxy) is 1. The number of rotatable bonds is 6. The zero-order valence-electron chi connectivity index (χ0n) is 16.2. The van der Waals surface area contributed by atoms with Crippen molar-refractivity contribution in [3.8, 4) is 5.75 Å². The smallest absolute Gasteiger partial charge is 0.395 e. The summed E-state index contributed by atoms with van der Waals surface area (Å²) in [7, 11) is -2.32. The van der Waals surface area contributed by atoms with Gasteiger partial charge in [-0.15, -0.1) is 0 Å². The molecule has 1 saturated carbocycles. The minimum Gasteiger partial charge on any atom is -0.575 e. The molecule has 0 spiro atoms. The third-order valence-corrected chi connectivity index (χ3v) is 5.60. The highest BCUT2D eigenvalue weighted by molar-refractivity contribution is 7.34. The summed E-state index contributed by atoms with van der Waals surface area (Å²) in [4.78, 5) is 24.1. The van der Waals surface area contributed by atoms with Crippen molar-refractivity contribution in [1.29, 1.82) is 0 Å². The lowest BCUT2D eigenvalue weighted by Crippen LogP contribution is -2.23. The molecule has 1 aliphatic carbocycles. The van der Waals surface area contributed by atoms with E-state index < -0.39 is 20.2 Å². The van der Waals surface area contributed by atoms with E-state index in [2.05, 4.69) is 25.5 Å². The number of nitrogens with zero attached hydrogens (tertiary/aromatic N) is 1. The number of carbonyl (C=O) groups excluding carboxylic acids is 1. The molecule has 0 heterocycles. The molecule has 5 nitrogen and oxygen atoms in total. The predicted molar refractivity (Wildman–Crippen MR) is 102 cm³/mol. The van der Waals surface area contributed by atoms with Gasteiger partial charge < -0.3 is 9.63 Å². The molecule has 0 bridgehead atoms. The molecule has 1 aromatic carbocycles. The molecule has 1 aromatic rings. The van der Waals surface area contributed by atoms with Crippen LogP contribution >= 0.6 is 8.17 Å². The molecule has 0 N–H and O–H groups in total. The fraction of sp³-hybridized carbons (Fsp3) is 0.650. The fourth-order valence-corrected chi connectivity index (χ4v) is 3.72. The van der Waals surface area contributed by atoms with Crippen LogP contribution in [-0.4, -0.2) is 18.6 Å². The van der Waals surface area contributed by atoms with Gasteiger partial charge in [-0.1, -0.05) is 56.9 Å². The van der Waals surface area contributed by atoms with Gasteiger partial charge in [0, 0.05) is 0 Å². The average molecular weight is 379 g/mol. The zero-order chi connectivity index (χ0) is 19.2. The van der Waals surface area contributed by atoms with Gasteiger partial charge in [0.1, 0.15) is 0 Å². The van der Waals surface area contributed by atoms with Crippen LogP contribution in [0, 0.1) is 5.92 Å². The van der Waals surface area contributed by atoms with Crippen molar-refractivity contribution >= 4 is 14.1 Å². The molecule has 1 fully saturated rings. The van der Waals surface area contributed by atoms with Crippen LogP contribution in [0.3, 0.4) is 0 Å². The van der Waals surface area contributed by atoms with Crippen LogP contribution in [-0.2, 0) is 14.9 Å². The maximum atomic E-state index is 12.1. The quantitative estimate of drug-likeness (QED) is 0.529. The number of esters is 1. The van der Waals surface area contributed by atoms with Gasteiger partial charge >= 0.3 is 14.1 Å². The molecular weight excluding hydrogens is 349 g/mol. The van der Waals surface area contributed by atoms with Gasteiger partial charge in [0.25, 0.3) is 0 Å². The molecule has 2 atom stereocenters. The first-order chi connectivity index (χ1) is 12.3. The highest BCUT2D eigenvalue weighted by Crippen LogP contribution is 2.28. The van der Waals surface area contributed by atoms with E-state index in [0.29, 0.717) is 18.3 Å². The number of benzene rings is 1. The van der Waals surface area contributed by atoms with Gasteiger partial charge in [-0.05, 0) is 48.8 Å². The fourth-order valence-electron chi connectivity index (χ4n) is 2.99. The van der Waals surface area contributed by atoms with Gasteiger partial charge in [0.2, 0.25) is 0 Å². The summed E-state index contributed by atoms with van der Waals surface area (Å²) < 4.78 is 14.6. The largest absolute Gasteiger partial charge is 0.575 e. The Kier molecular flexibility index (Phi) is 7.60. The lowest BCUT2D eigenvalue weighted by atomic mass is 9.87. The first-order valence-corrected chi connectivity index (χ1v) is 10.5. The Morgan fingerprint density at radius 1 is 1.23 bits per heavy atom. The second-order valence-corrected chi connectivity index (χ2v) is 8.92. The van der Waals surface area contributed by atoms with Crippen LogP contribution in [0.2, 0.25) is 0 Å². The zero-order valence-corrected chi connectivity index (χ0v) is 17.1. The van der Waals surface area contributed by atoms with Crippen molar-refractivity contribution in [3.05, 3.63) is 29.8 Å². The van der Waals surface area contributed by atoms with E-state index in [0.717, 1.165) is 18.4 Å². The van der Waals surface area contributed by atoms with Gasteiger partial charge in [0.05, 0.1) is 6.61 Å². The second kappa shape index (κ2) is 9.48. The third kappa shape index (κ3) is 6.69. The van der Waals surface area contributed by atoms with E-state index in [4.69, 9.17) is 9.26 Å². The number of hydrogen-bond acceptors (Lipinski definition) is 5. The Bertz CT molecular complexity index is 616. The van der Waals surface area contributed by atoms with Crippen LogP contribution in [0.25, 0.3) is 0 Å². The van der Waals surface area contributed by atoms with E-state index in [1.165, 1.54) is 19.3 Å². The predicted octanol–water partition coefficient (Wildman–Crippen LogP) is 4.73. The summed E-state index contributed by atoms with van der Waals surface area (Å²) >= 11 is 0. The number of carbonyl (C=O) groups is 1. The summed E-state index contributed by atoms with van der Waals surface area (Å²) in [6.45, 7) is 8.39. The average Bonchev–Trinajstić information content (AvgIpc) is 2.60. The lowest BCUT2D eigenvalue weighted by Gasteiger charge is -2.21. The van der Waals surface area contributed by atoms with Crippen LogP contribution < -0.4 is 9.42 Å². The lowest BCUT2D eigenvalue weighted by molar-refractivity contribution is -0.169. The molecule has 0 saturated heterocycles. The van der Waals surface area contributed by atoms with Crippen molar-refractivity contribution in [1.82, 2.24) is 0 Å². The molecule has 2 rings (SSSR count). The Labute approximate surface area is 157 Å². The second-order valence-electron chi connectivity index (χ2n) is 8.03. The van der Waals surface area contributed by atoms with Crippen molar-refractivity contribution in [2.75, 3.05) is 6.61 Å². The minimum atomic E-state index is -2.32. The van der Waals surface area contributed by atoms with E-state index in [-0.39, 0.29) is 5.41 Å². The van der Waals surface area contributed by atoms with Crippen molar-refractivity contribution in [3.63, 3.8) is 0 Å². The molecular formula is C20H30NO4P. The third-order valence-electron chi connectivity index (χ3n) is 4.70.